The normalized spacial score (nSPS) is 11.1. The standard InChI is InChI=1S/C25H17ClN4O3S/c26-18-12-10-17(11-13-18)21(31)15-34-25-28-27-23(33-25)22-19-8-4-5-9-20(19)24(32)30(29-22)14-16-6-2-1-3-7-16/h1-13H,14-15H2. The van der Waals surface area contributed by atoms with Crippen LogP contribution in [-0.4, -0.2) is 31.5 Å². The van der Waals surface area contributed by atoms with Gasteiger partial charge in [0.05, 0.1) is 17.7 Å². The molecule has 3 aromatic carbocycles. The van der Waals surface area contributed by atoms with Crippen LogP contribution < -0.4 is 5.56 Å². The van der Waals surface area contributed by atoms with E-state index in [4.69, 9.17) is 16.0 Å². The second-order valence-electron chi connectivity index (χ2n) is 7.43. The first kappa shape index (κ1) is 22.1. The average Bonchev–Trinajstić information content (AvgIpc) is 3.34. The largest absolute Gasteiger partial charge is 0.409 e. The number of carbonyl (C=O) groups excluding carboxylic acids is 1. The highest BCUT2D eigenvalue weighted by molar-refractivity contribution is 7.99. The van der Waals surface area contributed by atoms with Crippen molar-refractivity contribution in [2.24, 2.45) is 0 Å². The minimum atomic E-state index is -0.203. The molecule has 0 spiro atoms. The van der Waals surface area contributed by atoms with Crippen LogP contribution in [0.4, 0.5) is 0 Å². The highest BCUT2D eigenvalue weighted by Crippen LogP contribution is 2.27. The molecule has 2 aromatic heterocycles. The minimum absolute atomic E-state index is 0.0820. The Hall–Kier alpha value is -3.75. The van der Waals surface area contributed by atoms with E-state index in [2.05, 4.69) is 15.3 Å². The Morgan fingerprint density at radius 3 is 2.38 bits per heavy atom. The summed E-state index contributed by atoms with van der Waals surface area (Å²) in [7, 11) is 0. The van der Waals surface area contributed by atoms with Crippen molar-refractivity contribution in [1.29, 1.82) is 0 Å². The summed E-state index contributed by atoms with van der Waals surface area (Å²) in [5.74, 6) is 0.228. The predicted octanol–water partition coefficient (Wildman–Crippen LogP) is 5.12. The fourth-order valence-corrected chi connectivity index (χ4v) is 4.25. The number of hydrogen-bond acceptors (Lipinski definition) is 7. The summed E-state index contributed by atoms with van der Waals surface area (Å²) in [5, 5.41) is 14.7. The molecular formula is C25H17ClN4O3S. The van der Waals surface area contributed by atoms with E-state index in [1.807, 2.05) is 36.4 Å². The van der Waals surface area contributed by atoms with Gasteiger partial charge in [0.2, 0.25) is 0 Å². The fourth-order valence-electron chi connectivity index (χ4n) is 3.47. The van der Waals surface area contributed by atoms with E-state index in [1.54, 1.807) is 42.5 Å². The van der Waals surface area contributed by atoms with Crippen molar-refractivity contribution >= 4 is 39.9 Å². The SMILES string of the molecule is O=C(CSc1nnc(-c2nn(Cc3ccccc3)c(=O)c3ccccc23)o1)c1ccc(Cl)cc1. The van der Waals surface area contributed by atoms with Crippen molar-refractivity contribution in [3.05, 3.63) is 105 Å². The molecule has 5 rings (SSSR count). The number of carbonyl (C=O) groups is 1. The van der Waals surface area contributed by atoms with Gasteiger partial charge in [-0.3, -0.25) is 9.59 Å². The first-order valence-electron chi connectivity index (χ1n) is 10.4. The lowest BCUT2D eigenvalue weighted by Gasteiger charge is -2.09. The topological polar surface area (TPSA) is 90.9 Å². The lowest BCUT2D eigenvalue weighted by atomic mass is 10.1. The number of aromatic nitrogens is 4. The van der Waals surface area contributed by atoms with Gasteiger partial charge in [-0.15, -0.1) is 10.2 Å². The van der Waals surface area contributed by atoms with Crippen molar-refractivity contribution in [2.75, 3.05) is 5.75 Å². The molecule has 0 aliphatic carbocycles. The zero-order valence-corrected chi connectivity index (χ0v) is 19.3. The number of ketones is 1. The molecule has 0 amide bonds. The molecule has 0 aliphatic rings. The summed E-state index contributed by atoms with van der Waals surface area (Å²) >= 11 is 7.02. The van der Waals surface area contributed by atoms with E-state index in [1.165, 1.54) is 4.68 Å². The average molecular weight is 489 g/mol. The number of thioether (sulfide) groups is 1. The monoisotopic (exact) mass is 488 g/mol. The van der Waals surface area contributed by atoms with Gasteiger partial charge in [0.15, 0.2) is 11.5 Å². The summed E-state index contributed by atoms with van der Waals surface area (Å²) in [6, 6.07) is 23.5. The van der Waals surface area contributed by atoms with E-state index in [0.29, 0.717) is 33.6 Å². The smallest absolute Gasteiger partial charge is 0.277 e. The molecule has 2 heterocycles. The lowest BCUT2D eigenvalue weighted by molar-refractivity contribution is 0.102. The molecule has 34 heavy (non-hydrogen) atoms. The van der Waals surface area contributed by atoms with Gasteiger partial charge in [-0.25, -0.2) is 4.68 Å². The lowest BCUT2D eigenvalue weighted by Crippen LogP contribution is -2.24. The number of benzene rings is 3. The Morgan fingerprint density at radius 1 is 0.912 bits per heavy atom. The van der Waals surface area contributed by atoms with Gasteiger partial charge >= 0.3 is 0 Å². The summed E-state index contributed by atoms with van der Waals surface area (Å²) in [6.07, 6.45) is 0. The van der Waals surface area contributed by atoms with Crippen LogP contribution in [0.1, 0.15) is 15.9 Å². The van der Waals surface area contributed by atoms with Gasteiger partial charge in [0.1, 0.15) is 0 Å². The Labute approximate surface area is 203 Å². The summed E-state index contributed by atoms with van der Waals surface area (Å²) in [4.78, 5) is 25.5. The van der Waals surface area contributed by atoms with E-state index in [0.717, 1.165) is 17.3 Å². The maximum absolute atomic E-state index is 13.0. The molecule has 0 atom stereocenters. The van der Waals surface area contributed by atoms with Crippen LogP contribution in [0, 0.1) is 0 Å². The van der Waals surface area contributed by atoms with Gasteiger partial charge in [-0.05, 0) is 35.9 Å². The molecule has 7 nitrogen and oxygen atoms in total. The van der Waals surface area contributed by atoms with Gasteiger partial charge < -0.3 is 4.42 Å². The van der Waals surface area contributed by atoms with Crippen LogP contribution in [0.15, 0.2) is 93.3 Å². The van der Waals surface area contributed by atoms with Crippen LogP contribution in [0.2, 0.25) is 5.02 Å². The highest BCUT2D eigenvalue weighted by Gasteiger charge is 2.18. The molecule has 5 aromatic rings. The van der Waals surface area contributed by atoms with Gasteiger partial charge in [0, 0.05) is 16.0 Å². The second-order valence-corrected chi connectivity index (χ2v) is 8.80. The number of Topliss-reactive ketones (excluding diaryl/α,β-unsaturated/α-hetero) is 1. The number of hydrogen-bond donors (Lipinski definition) is 0. The number of fused-ring (bicyclic) bond motifs is 1. The molecule has 168 valence electrons. The van der Waals surface area contributed by atoms with E-state index >= 15 is 0 Å². The van der Waals surface area contributed by atoms with Crippen LogP contribution in [0.5, 0.6) is 0 Å². The van der Waals surface area contributed by atoms with Gasteiger partial charge in [-0.1, -0.05) is 71.9 Å². The molecule has 0 N–H and O–H groups in total. The summed E-state index contributed by atoms with van der Waals surface area (Å²) in [6.45, 7) is 0.308. The molecule has 0 saturated heterocycles. The zero-order chi connectivity index (χ0) is 23.5. The van der Waals surface area contributed by atoms with Crippen molar-refractivity contribution < 1.29 is 9.21 Å². The number of nitrogens with zero attached hydrogens (tertiary/aromatic N) is 4. The first-order chi connectivity index (χ1) is 16.6. The van der Waals surface area contributed by atoms with E-state index in [-0.39, 0.29) is 28.2 Å². The van der Waals surface area contributed by atoms with Crippen LogP contribution in [0.3, 0.4) is 0 Å². The van der Waals surface area contributed by atoms with E-state index in [9.17, 15) is 9.59 Å². The molecule has 9 heteroatoms. The van der Waals surface area contributed by atoms with Crippen molar-refractivity contribution in [2.45, 2.75) is 11.8 Å². The van der Waals surface area contributed by atoms with Gasteiger partial charge in [-0.2, -0.15) is 5.10 Å². The molecule has 0 bridgehead atoms. The highest BCUT2D eigenvalue weighted by atomic mass is 35.5. The Balaban J connectivity index is 1.44. The number of halogens is 1. The van der Waals surface area contributed by atoms with Crippen molar-refractivity contribution in [1.82, 2.24) is 20.0 Å². The zero-order valence-electron chi connectivity index (χ0n) is 17.7. The minimum Gasteiger partial charge on any atom is -0.409 e. The first-order valence-corrected chi connectivity index (χ1v) is 11.7. The molecule has 0 fully saturated rings. The molecule has 0 unspecified atom stereocenters. The maximum atomic E-state index is 13.0. The fraction of sp³-hybridized carbons (Fsp3) is 0.0800. The molecular weight excluding hydrogens is 472 g/mol. The third-order valence-electron chi connectivity index (χ3n) is 5.14. The summed E-state index contributed by atoms with van der Waals surface area (Å²) in [5.41, 5.74) is 1.71. The Morgan fingerprint density at radius 2 is 1.62 bits per heavy atom. The van der Waals surface area contributed by atoms with Crippen LogP contribution >= 0.6 is 23.4 Å². The second kappa shape index (κ2) is 9.62. The Kier molecular flexibility index (Phi) is 6.24. The molecule has 0 aliphatic heterocycles. The third kappa shape index (κ3) is 4.64. The van der Waals surface area contributed by atoms with Crippen LogP contribution in [-0.2, 0) is 6.54 Å². The van der Waals surface area contributed by atoms with E-state index < -0.39 is 0 Å². The summed E-state index contributed by atoms with van der Waals surface area (Å²) < 4.78 is 7.21. The maximum Gasteiger partial charge on any atom is 0.277 e. The predicted molar refractivity (Wildman–Crippen MR) is 131 cm³/mol. The van der Waals surface area contributed by atoms with Crippen LogP contribution in [0.25, 0.3) is 22.4 Å². The van der Waals surface area contributed by atoms with Crippen molar-refractivity contribution in [3.8, 4) is 11.6 Å². The molecule has 0 saturated carbocycles. The van der Waals surface area contributed by atoms with Crippen molar-refractivity contribution in [3.63, 3.8) is 0 Å². The quantitative estimate of drug-likeness (QED) is 0.232. The number of rotatable bonds is 7. The third-order valence-corrected chi connectivity index (χ3v) is 6.22. The Bertz CT molecular complexity index is 1530. The molecule has 0 radical (unpaired) electrons. The van der Waals surface area contributed by atoms with Gasteiger partial charge in [0.25, 0.3) is 16.7 Å².